The van der Waals surface area contributed by atoms with Gasteiger partial charge in [0, 0.05) is 11.6 Å². The quantitative estimate of drug-likeness (QED) is 0.646. The molecule has 0 radical (unpaired) electrons. The predicted octanol–water partition coefficient (Wildman–Crippen LogP) is 3.10. The lowest BCUT2D eigenvalue weighted by molar-refractivity contribution is 0.664. The second-order valence-electron chi connectivity index (χ2n) is 3.67. The van der Waals surface area contributed by atoms with Crippen molar-refractivity contribution in [2.75, 3.05) is 0 Å². The summed E-state index contributed by atoms with van der Waals surface area (Å²) in [4.78, 5) is 8.69. The van der Waals surface area contributed by atoms with Crippen molar-refractivity contribution in [1.29, 1.82) is 0 Å². The van der Waals surface area contributed by atoms with Gasteiger partial charge in [-0.15, -0.1) is 0 Å². The molecule has 1 aromatic rings. The molecule has 1 aliphatic rings. The Balaban J connectivity index is 2.28. The van der Waals surface area contributed by atoms with Gasteiger partial charge in [-0.05, 0) is 25.8 Å². The Morgan fingerprint density at radius 3 is 2.62 bits per heavy atom. The molecule has 1 fully saturated rings. The van der Waals surface area contributed by atoms with Crippen LogP contribution in [0.3, 0.4) is 0 Å². The Morgan fingerprint density at radius 1 is 1.31 bits per heavy atom. The molecule has 0 bridgehead atoms. The van der Waals surface area contributed by atoms with E-state index >= 15 is 0 Å². The fourth-order valence-electron chi connectivity index (χ4n) is 1.92. The first-order valence-electron chi connectivity index (χ1n) is 4.77. The molecule has 1 aromatic heterocycles. The number of rotatable bonds is 1. The lowest BCUT2D eigenvalue weighted by atomic mass is 10.1. The van der Waals surface area contributed by atoms with Gasteiger partial charge in [0.25, 0.3) is 0 Å². The largest absolute Gasteiger partial charge is 0.238 e. The van der Waals surface area contributed by atoms with Gasteiger partial charge in [0.05, 0.1) is 0 Å². The Morgan fingerprint density at radius 2 is 2.00 bits per heavy atom. The molecule has 0 amide bonds. The second-order valence-corrected chi connectivity index (χ2v) is 4.06. The maximum absolute atomic E-state index is 5.88. The molecular formula is C10H13ClN2. The topological polar surface area (TPSA) is 25.8 Å². The van der Waals surface area contributed by atoms with Gasteiger partial charge in [-0.3, -0.25) is 0 Å². The first-order valence-corrected chi connectivity index (χ1v) is 5.14. The summed E-state index contributed by atoms with van der Waals surface area (Å²) in [7, 11) is 0. The minimum Gasteiger partial charge on any atom is -0.238 e. The molecule has 1 saturated carbocycles. The van der Waals surface area contributed by atoms with E-state index in [0.717, 1.165) is 11.5 Å². The summed E-state index contributed by atoms with van der Waals surface area (Å²) in [5, 5.41) is 0.578. The van der Waals surface area contributed by atoms with Crippen molar-refractivity contribution in [2.24, 2.45) is 0 Å². The second kappa shape index (κ2) is 3.62. The van der Waals surface area contributed by atoms with Crippen LogP contribution in [0.4, 0.5) is 0 Å². The van der Waals surface area contributed by atoms with Crippen molar-refractivity contribution in [2.45, 2.75) is 38.5 Å². The van der Waals surface area contributed by atoms with Gasteiger partial charge in [-0.25, -0.2) is 9.97 Å². The molecule has 3 heteroatoms. The Kier molecular flexibility index (Phi) is 2.49. The highest BCUT2D eigenvalue weighted by Gasteiger charge is 2.19. The van der Waals surface area contributed by atoms with E-state index in [2.05, 4.69) is 9.97 Å². The standard InChI is InChI=1S/C10H13ClN2/c1-7-6-9(11)13-10(12-7)8-4-2-3-5-8/h6,8H,2-5H2,1H3. The molecule has 1 aliphatic carbocycles. The number of aryl methyl sites for hydroxylation is 1. The van der Waals surface area contributed by atoms with Crippen LogP contribution in [-0.4, -0.2) is 9.97 Å². The van der Waals surface area contributed by atoms with Gasteiger partial charge in [-0.1, -0.05) is 24.4 Å². The zero-order chi connectivity index (χ0) is 9.26. The van der Waals surface area contributed by atoms with Gasteiger partial charge >= 0.3 is 0 Å². The first-order chi connectivity index (χ1) is 6.25. The van der Waals surface area contributed by atoms with Crippen LogP contribution < -0.4 is 0 Å². The van der Waals surface area contributed by atoms with Crippen LogP contribution in [0.2, 0.25) is 5.15 Å². The van der Waals surface area contributed by atoms with Crippen LogP contribution >= 0.6 is 11.6 Å². The normalized spacial score (nSPS) is 18.0. The van der Waals surface area contributed by atoms with Crippen LogP contribution in [0.15, 0.2) is 6.07 Å². The highest BCUT2D eigenvalue weighted by atomic mass is 35.5. The SMILES string of the molecule is Cc1cc(Cl)nc(C2CCCC2)n1. The molecular weight excluding hydrogens is 184 g/mol. The molecule has 13 heavy (non-hydrogen) atoms. The third kappa shape index (κ3) is 1.99. The Labute approximate surface area is 83.4 Å². The zero-order valence-electron chi connectivity index (χ0n) is 7.76. The van der Waals surface area contributed by atoms with E-state index in [1.807, 2.05) is 6.92 Å². The summed E-state index contributed by atoms with van der Waals surface area (Å²) in [5.74, 6) is 1.50. The molecule has 0 aromatic carbocycles. The van der Waals surface area contributed by atoms with Crippen molar-refractivity contribution >= 4 is 11.6 Å². The maximum Gasteiger partial charge on any atom is 0.133 e. The van der Waals surface area contributed by atoms with E-state index in [0.29, 0.717) is 11.1 Å². The molecule has 0 unspecified atom stereocenters. The van der Waals surface area contributed by atoms with Gasteiger partial charge < -0.3 is 0 Å². The monoisotopic (exact) mass is 196 g/mol. The van der Waals surface area contributed by atoms with E-state index in [-0.39, 0.29) is 0 Å². The predicted molar refractivity (Wildman–Crippen MR) is 53.0 cm³/mol. The molecule has 2 nitrogen and oxygen atoms in total. The van der Waals surface area contributed by atoms with Crippen LogP contribution in [-0.2, 0) is 0 Å². The molecule has 0 saturated heterocycles. The third-order valence-electron chi connectivity index (χ3n) is 2.56. The summed E-state index contributed by atoms with van der Waals surface area (Å²) in [6, 6.07) is 1.81. The van der Waals surface area contributed by atoms with Crippen LogP contribution in [0.5, 0.6) is 0 Å². The number of hydrogen-bond donors (Lipinski definition) is 0. The van der Waals surface area contributed by atoms with Crippen LogP contribution in [0, 0.1) is 6.92 Å². The lowest BCUT2D eigenvalue weighted by Gasteiger charge is -2.07. The number of halogens is 1. The average Bonchev–Trinajstić information content (AvgIpc) is 2.53. The van der Waals surface area contributed by atoms with Gasteiger partial charge in [0.1, 0.15) is 11.0 Å². The average molecular weight is 197 g/mol. The van der Waals surface area contributed by atoms with Crippen molar-refractivity contribution in [1.82, 2.24) is 9.97 Å². The summed E-state index contributed by atoms with van der Waals surface area (Å²) >= 11 is 5.88. The Bertz CT molecular complexity index is 286. The molecule has 0 spiro atoms. The highest BCUT2D eigenvalue weighted by Crippen LogP contribution is 2.32. The Hall–Kier alpha value is -0.630. The summed E-state index contributed by atoms with van der Waals surface area (Å²) in [6.07, 6.45) is 5.05. The van der Waals surface area contributed by atoms with Crippen molar-refractivity contribution in [3.8, 4) is 0 Å². The molecule has 2 rings (SSSR count). The number of nitrogens with zero attached hydrogens (tertiary/aromatic N) is 2. The summed E-state index contributed by atoms with van der Waals surface area (Å²) < 4.78 is 0. The highest BCUT2D eigenvalue weighted by molar-refractivity contribution is 6.29. The first kappa shape index (κ1) is 8.95. The van der Waals surface area contributed by atoms with Crippen molar-refractivity contribution in [3.05, 3.63) is 22.7 Å². The fraction of sp³-hybridized carbons (Fsp3) is 0.600. The smallest absolute Gasteiger partial charge is 0.133 e. The van der Waals surface area contributed by atoms with Crippen LogP contribution in [0.25, 0.3) is 0 Å². The fourth-order valence-corrected chi connectivity index (χ4v) is 2.16. The lowest BCUT2D eigenvalue weighted by Crippen LogP contribution is -2.01. The number of aromatic nitrogens is 2. The van der Waals surface area contributed by atoms with Crippen molar-refractivity contribution < 1.29 is 0 Å². The van der Waals surface area contributed by atoms with Crippen molar-refractivity contribution in [3.63, 3.8) is 0 Å². The maximum atomic E-state index is 5.88. The van der Waals surface area contributed by atoms with E-state index in [9.17, 15) is 0 Å². The molecule has 1 heterocycles. The van der Waals surface area contributed by atoms with E-state index in [4.69, 9.17) is 11.6 Å². The minimum absolute atomic E-state index is 0.553. The molecule has 0 aliphatic heterocycles. The third-order valence-corrected chi connectivity index (χ3v) is 2.75. The number of hydrogen-bond acceptors (Lipinski definition) is 2. The zero-order valence-corrected chi connectivity index (χ0v) is 8.51. The molecule has 0 N–H and O–H groups in total. The van der Waals surface area contributed by atoms with E-state index in [1.165, 1.54) is 25.7 Å². The molecule has 0 atom stereocenters. The summed E-state index contributed by atoms with van der Waals surface area (Å²) in [5.41, 5.74) is 0.974. The van der Waals surface area contributed by atoms with Crippen LogP contribution in [0.1, 0.15) is 43.1 Å². The summed E-state index contributed by atoms with van der Waals surface area (Å²) in [6.45, 7) is 1.96. The van der Waals surface area contributed by atoms with Gasteiger partial charge in [0.2, 0.25) is 0 Å². The molecule has 70 valence electrons. The van der Waals surface area contributed by atoms with E-state index in [1.54, 1.807) is 6.07 Å². The van der Waals surface area contributed by atoms with Gasteiger partial charge in [0.15, 0.2) is 0 Å². The van der Waals surface area contributed by atoms with E-state index < -0.39 is 0 Å². The minimum atomic E-state index is 0.553. The van der Waals surface area contributed by atoms with Gasteiger partial charge in [-0.2, -0.15) is 0 Å².